The standard InChI is InChI=1S/C25H29N5O3S.C2H2O4/c1-33-24-5-3-19-25(29-24)18(6-9-26-19)21(31)14-30-10-7-17(8-11-30)27-13-16-2-4-22-20(12-16)28-23(32)15-34-22;3-1(4)2(5)6/h2-6,9,12,17,21,27,31H,7-8,10-11,13-15H2,1H3,(H,28,32);(H,3,4)(H,5,6)/t21-;/m0./s1. The average molecular weight is 570 g/mol. The number of aliphatic hydroxyl groups is 1. The van der Waals surface area contributed by atoms with E-state index in [1.807, 2.05) is 12.1 Å². The van der Waals surface area contributed by atoms with Crippen molar-refractivity contribution in [2.75, 3.05) is 37.8 Å². The Morgan fingerprint density at radius 2 is 1.93 bits per heavy atom. The molecule has 12 nitrogen and oxygen atoms in total. The number of methoxy groups -OCH3 is 1. The van der Waals surface area contributed by atoms with Crippen molar-refractivity contribution in [1.82, 2.24) is 20.2 Å². The highest BCUT2D eigenvalue weighted by atomic mass is 32.2. The van der Waals surface area contributed by atoms with Crippen LogP contribution >= 0.6 is 11.8 Å². The summed E-state index contributed by atoms with van der Waals surface area (Å²) in [5.41, 5.74) is 4.31. The smallest absolute Gasteiger partial charge is 0.414 e. The Morgan fingerprint density at radius 1 is 1.18 bits per heavy atom. The minimum Gasteiger partial charge on any atom is -0.481 e. The molecule has 2 aliphatic rings. The maximum absolute atomic E-state index is 11.7. The van der Waals surface area contributed by atoms with E-state index in [9.17, 15) is 9.90 Å². The number of amides is 1. The topological polar surface area (TPSA) is 174 Å². The molecule has 4 heterocycles. The zero-order valence-electron chi connectivity index (χ0n) is 21.9. The number of carbonyl (C=O) groups excluding carboxylic acids is 1. The van der Waals surface area contributed by atoms with Crippen molar-refractivity contribution in [3.05, 3.63) is 53.7 Å². The molecule has 0 aliphatic carbocycles. The van der Waals surface area contributed by atoms with E-state index < -0.39 is 18.0 Å². The number of hydrogen-bond acceptors (Lipinski definition) is 10. The molecule has 0 unspecified atom stereocenters. The van der Waals surface area contributed by atoms with Crippen molar-refractivity contribution in [2.45, 2.75) is 36.4 Å². The third-order valence-electron chi connectivity index (χ3n) is 6.63. The zero-order valence-corrected chi connectivity index (χ0v) is 22.7. The number of pyridine rings is 2. The van der Waals surface area contributed by atoms with E-state index in [4.69, 9.17) is 24.5 Å². The summed E-state index contributed by atoms with van der Waals surface area (Å²) in [6, 6.07) is 12.2. The molecule has 1 fully saturated rings. The number of thioether (sulfide) groups is 1. The molecule has 2 aliphatic heterocycles. The number of nitrogens with one attached hydrogen (secondary N) is 2. The number of piperidine rings is 1. The molecule has 2 aromatic heterocycles. The Hall–Kier alpha value is -3.78. The van der Waals surface area contributed by atoms with Crippen molar-refractivity contribution in [3.8, 4) is 5.88 Å². The number of aromatic nitrogens is 2. The fourth-order valence-corrected chi connectivity index (χ4v) is 5.36. The van der Waals surface area contributed by atoms with Gasteiger partial charge < -0.3 is 35.6 Å². The monoisotopic (exact) mass is 569 g/mol. The van der Waals surface area contributed by atoms with Gasteiger partial charge in [-0.3, -0.25) is 9.78 Å². The second-order valence-electron chi connectivity index (χ2n) is 9.37. The van der Waals surface area contributed by atoms with Gasteiger partial charge in [-0.05, 0) is 55.8 Å². The summed E-state index contributed by atoms with van der Waals surface area (Å²) in [7, 11) is 1.58. The molecule has 1 amide bonds. The highest BCUT2D eigenvalue weighted by molar-refractivity contribution is 8.00. The van der Waals surface area contributed by atoms with E-state index in [1.54, 1.807) is 31.1 Å². The highest BCUT2D eigenvalue weighted by Crippen LogP contribution is 2.32. The first kappa shape index (κ1) is 29.2. The highest BCUT2D eigenvalue weighted by Gasteiger charge is 2.23. The van der Waals surface area contributed by atoms with Gasteiger partial charge in [-0.1, -0.05) is 6.07 Å². The SMILES string of the molecule is COc1ccc2nccc([C@@H](O)CN3CCC(NCc4ccc5c(c4)NC(=O)CS5)CC3)c2n1.O=C(O)C(=O)O. The number of anilines is 1. The minimum absolute atomic E-state index is 0.0619. The van der Waals surface area contributed by atoms with Gasteiger partial charge in [0.2, 0.25) is 11.8 Å². The summed E-state index contributed by atoms with van der Waals surface area (Å²) in [6.07, 6.45) is 3.12. The molecular weight excluding hydrogens is 538 g/mol. The summed E-state index contributed by atoms with van der Waals surface area (Å²) in [4.78, 5) is 42.1. The first-order valence-electron chi connectivity index (χ1n) is 12.7. The summed E-state index contributed by atoms with van der Waals surface area (Å²) in [6.45, 7) is 3.18. The predicted molar refractivity (Wildman–Crippen MR) is 148 cm³/mol. The van der Waals surface area contributed by atoms with Crippen LogP contribution in [-0.4, -0.2) is 86.6 Å². The van der Waals surface area contributed by atoms with Crippen molar-refractivity contribution in [2.24, 2.45) is 0 Å². The molecule has 5 N–H and O–H groups in total. The van der Waals surface area contributed by atoms with Crippen LogP contribution in [0.25, 0.3) is 11.0 Å². The van der Waals surface area contributed by atoms with Crippen LogP contribution in [0.3, 0.4) is 0 Å². The van der Waals surface area contributed by atoms with E-state index in [2.05, 4.69) is 43.7 Å². The third kappa shape index (κ3) is 7.66. The maximum atomic E-state index is 11.7. The van der Waals surface area contributed by atoms with Crippen molar-refractivity contribution in [3.63, 3.8) is 0 Å². The van der Waals surface area contributed by atoms with Gasteiger partial charge in [0.15, 0.2) is 0 Å². The van der Waals surface area contributed by atoms with Gasteiger partial charge in [0.05, 0.1) is 35.7 Å². The summed E-state index contributed by atoms with van der Waals surface area (Å²) in [5.74, 6) is -2.59. The van der Waals surface area contributed by atoms with Gasteiger partial charge >= 0.3 is 11.9 Å². The fourth-order valence-electron chi connectivity index (χ4n) is 4.57. The first-order chi connectivity index (χ1) is 19.2. The summed E-state index contributed by atoms with van der Waals surface area (Å²) >= 11 is 1.59. The van der Waals surface area contributed by atoms with Gasteiger partial charge in [-0.15, -0.1) is 11.8 Å². The number of aliphatic carboxylic acids is 2. The van der Waals surface area contributed by atoms with Crippen LogP contribution in [0.2, 0.25) is 0 Å². The molecule has 13 heteroatoms. The minimum atomic E-state index is -1.82. The summed E-state index contributed by atoms with van der Waals surface area (Å²) < 4.78 is 5.25. The molecule has 0 saturated carbocycles. The molecule has 1 atom stereocenters. The Balaban J connectivity index is 0.000000557. The van der Waals surface area contributed by atoms with Crippen LogP contribution in [0.15, 0.2) is 47.5 Å². The average Bonchev–Trinajstić information content (AvgIpc) is 2.96. The number of rotatable bonds is 7. The lowest BCUT2D eigenvalue weighted by Gasteiger charge is -2.33. The molecule has 0 bridgehead atoms. The van der Waals surface area contributed by atoms with E-state index in [0.717, 1.165) is 54.1 Å². The Kier molecular flexibility index (Phi) is 9.88. The van der Waals surface area contributed by atoms with Gasteiger partial charge in [-0.2, -0.15) is 0 Å². The molecule has 1 aromatic carbocycles. The number of nitrogens with zero attached hydrogens (tertiary/aromatic N) is 3. The van der Waals surface area contributed by atoms with Crippen LogP contribution < -0.4 is 15.4 Å². The number of ether oxygens (including phenoxy) is 1. The van der Waals surface area contributed by atoms with E-state index in [1.165, 1.54) is 5.56 Å². The summed E-state index contributed by atoms with van der Waals surface area (Å²) in [5, 5.41) is 32.4. The van der Waals surface area contributed by atoms with Crippen LogP contribution in [-0.2, 0) is 20.9 Å². The Morgan fingerprint density at radius 3 is 2.62 bits per heavy atom. The Bertz CT molecular complexity index is 1370. The number of benzene rings is 1. The van der Waals surface area contributed by atoms with Gasteiger partial charge in [0, 0.05) is 41.9 Å². The lowest BCUT2D eigenvalue weighted by molar-refractivity contribution is -0.159. The molecule has 212 valence electrons. The first-order valence-corrected chi connectivity index (χ1v) is 13.7. The number of carbonyl (C=O) groups is 3. The van der Waals surface area contributed by atoms with E-state index >= 15 is 0 Å². The zero-order chi connectivity index (χ0) is 28.6. The van der Waals surface area contributed by atoms with Crippen LogP contribution in [0.4, 0.5) is 5.69 Å². The van der Waals surface area contributed by atoms with Gasteiger partial charge in [0.25, 0.3) is 0 Å². The number of hydrogen-bond donors (Lipinski definition) is 5. The second-order valence-corrected chi connectivity index (χ2v) is 10.4. The third-order valence-corrected chi connectivity index (χ3v) is 7.70. The molecule has 0 spiro atoms. The Labute approximate surface area is 234 Å². The lowest BCUT2D eigenvalue weighted by atomic mass is 10.0. The lowest BCUT2D eigenvalue weighted by Crippen LogP contribution is -2.43. The second kappa shape index (κ2) is 13.5. The van der Waals surface area contributed by atoms with Crippen molar-refractivity contribution in [1.29, 1.82) is 0 Å². The number of β-amino-alcohol motifs (C(OH)–C–C–N with tert-alkyl or cyclic N) is 1. The van der Waals surface area contributed by atoms with Gasteiger partial charge in [0.1, 0.15) is 0 Å². The predicted octanol–water partition coefficient (Wildman–Crippen LogP) is 2.13. The van der Waals surface area contributed by atoms with Crippen molar-refractivity contribution >= 4 is 46.3 Å². The van der Waals surface area contributed by atoms with E-state index in [-0.39, 0.29) is 5.91 Å². The van der Waals surface area contributed by atoms with Gasteiger partial charge in [-0.25, -0.2) is 14.6 Å². The number of fused-ring (bicyclic) bond motifs is 2. The van der Waals surface area contributed by atoms with Crippen LogP contribution in [0, 0.1) is 0 Å². The molecule has 40 heavy (non-hydrogen) atoms. The molecule has 3 aromatic rings. The number of carboxylic acid groups (broad SMARTS) is 2. The van der Waals surface area contributed by atoms with E-state index in [0.29, 0.717) is 29.7 Å². The largest absolute Gasteiger partial charge is 0.481 e. The van der Waals surface area contributed by atoms with Crippen LogP contribution in [0.1, 0.15) is 30.1 Å². The molecule has 0 radical (unpaired) electrons. The normalized spacial score (nSPS) is 16.3. The number of likely N-dealkylation sites (tertiary alicyclic amines) is 1. The molecular formula is C27H31N5O7S. The van der Waals surface area contributed by atoms with Crippen LogP contribution in [0.5, 0.6) is 5.88 Å². The quantitative estimate of drug-likeness (QED) is 0.263. The number of carboxylic acids is 2. The molecule has 5 rings (SSSR count). The number of aliphatic hydroxyl groups excluding tert-OH is 1. The molecule has 1 saturated heterocycles. The van der Waals surface area contributed by atoms with Crippen molar-refractivity contribution < 1.29 is 34.4 Å². The fraction of sp³-hybridized carbons (Fsp3) is 0.370. The maximum Gasteiger partial charge on any atom is 0.414 e.